The summed E-state index contributed by atoms with van der Waals surface area (Å²) in [6.45, 7) is 1.90. The second kappa shape index (κ2) is 8.86. The Labute approximate surface area is 198 Å². The summed E-state index contributed by atoms with van der Waals surface area (Å²) in [4.78, 5) is 26.9. The molecule has 0 spiro atoms. The summed E-state index contributed by atoms with van der Waals surface area (Å²) in [7, 11) is 1.81. The van der Waals surface area contributed by atoms with Gasteiger partial charge in [0.25, 0.3) is 11.5 Å². The number of benzene rings is 1. The Morgan fingerprint density at radius 1 is 1.15 bits per heavy atom. The third-order valence-corrected chi connectivity index (χ3v) is 7.15. The number of nitrogens with one attached hydrogen (secondary N) is 3. The fourth-order valence-corrected chi connectivity index (χ4v) is 5.12. The number of nitrogens with zero attached hydrogens (tertiary/aromatic N) is 3. The first-order valence-electron chi connectivity index (χ1n) is 11.0. The number of aromatic nitrogens is 4. The van der Waals surface area contributed by atoms with E-state index in [0.29, 0.717) is 22.0 Å². The standard InChI is InChI=1S/C24H23FN6O2S/c1-13-9-22(30-31(13)2)26-19-12-17(28-29-23(19)32)14-7-8-16(25)18(10-14)27-24(33)21-11-15-5-3-4-6-20(15)34-21/h7-12H,3-6H2,1-2H3,(H,27,33)(H,29,32)(H,26,28,30). The molecule has 3 heterocycles. The summed E-state index contributed by atoms with van der Waals surface area (Å²) >= 11 is 1.47. The Morgan fingerprint density at radius 3 is 2.74 bits per heavy atom. The fraction of sp³-hybridized carbons (Fsp3) is 0.250. The maximum absolute atomic E-state index is 14.5. The highest BCUT2D eigenvalue weighted by Gasteiger charge is 2.19. The fourth-order valence-electron chi connectivity index (χ4n) is 3.97. The van der Waals surface area contributed by atoms with Crippen molar-refractivity contribution in [1.29, 1.82) is 0 Å². The van der Waals surface area contributed by atoms with Crippen LogP contribution in [0.5, 0.6) is 0 Å². The van der Waals surface area contributed by atoms with E-state index in [2.05, 4.69) is 25.9 Å². The molecule has 0 atom stereocenters. The van der Waals surface area contributed by atoms with Crippen LogP contribution in [0.3, 0.4) is 0 Å². The molecular weight excluding hydrogens is 455 g/mol. The molecule has 0 unspecified atom stereocenters. The lowest BCUT2D eigenvalue weighted by Gasteiger charge is -2.09. The number of aromatic amines is 1. The van der Waals surface area contributed by atoms with E-state index in [-0.39, 0.29) is 17.3 Å². The van der Waals surface area contributed by atoms with Crippen molar-refractivity contribution in [3.8, 4) is 11.3 Å². The van der Waals surface area contributed by atoms with Crippen LogP contribution in [0.1, 0.15) is 38.6 Å². The van der Waals surface area contributed by atoms with E-state index in [1.807, 2.05) is 26.1 Å². The average molecular weight is 479 g/mol. The smallest absolute Gasteiger partial charge is 0.287 e. The summed E-state index contributed by atoms with van der Waals surface area (Å²) in [5.74, 6) is -0.365. The van der Waals surface area contributed by atoms with Crippen LogP contribution in [-0.2, 0) is 19.9 Å². The monoisotopic (exact) mass is 478 g/mol. The molecule has 1 aliphatic rings. The molecule has 1 amide bonds. The minimum absolute atomic E-state index is 0.0525. The lowest BCUT2D eigenvalue weighted by Crippen LogP contribution is -2.14. The van der Waals surface area contributed by atoms with E-state index < -0.39 is 11.4 Å². The van der Waals surface area contributed by atoms with Crippen molar-refractivity contribution in [3.63, 3.8) is 0 Å². The minimum atomic E-state index is -0.551. The quantitative estimate of drug-likeness (QED) is 0.390. The van der Waals surface area contributed by atoms with Crippen LogP contribution in [-0.4, -0.2) is 25.9 Å². The first-order chi connectivity index (χ1) is 16.4. The molecule has 0 fully saturated rings. The van der Waals surface area contributed by atoms with Crippen LogP contribution in [0.25, 0.3) is 11.3 Å². The van der Waals surface area contributed by atoms with E-state index >= 15 is 0 Å². The number of hydrogen-bond acceptors (Lipinski definition) is 6. The summed E-state index contributed by atoms with van der Waals surface area (Å²) < 4.78 is 16.2. The van der Waals surface area contributed by atoms with Gasteiger partial charge in [-0.1, -0.05) is 0 Å². The Morgan fingerprint density at radius 2 is 1.97 bits per heavy atom. The Balaban J connectivity index is 1.40. The van der Waals surface area contributed by atoms with Gasteiger partial charge in [0.15, 0.2) is 5.82 Å². The van der Waals surface area contributed by atoms with Gasteiger partial charge in [-0.15, -0.1) is 11.3 Å². The molecule has 0 saturated carbocycles. The molecule has 34 heavy (non-hydrogen) atoms. The van der Waals surface area contributed by atoms with Gasteiger partial charge in [0.2, 0.25) is 0 Å². The second-order valence-corrected chi connectivity index (χ2v) is 9.47. The normalized spacial score (nSPS) is 12.9. The largest absolute Gasteiger partial charge is 0.334 e. The first-order valence-corrected chi connectivity index (χ1v) is 11.8. The van der Waals surface area contributed by atoms with Gasteiger partial charge in [-0.05, 0) is 68.5 Å². The molecule has 0 bridgehead atoms. The van der Waals surface area contributed by atoms with Crippen molar-refractivity contribution in [2.24, 2.45) is 7.05 Å². The van der Waals surface area contributed by atoms with Crippen molar-refractivity contribution in [1.82, 2.24) is 20.0 Å². The summed E-state index contributed by atoms with van der Waals surface area (Å²) in [6, 6.07) is 9.62. The second-order valence-electron chi connectivity index (χ2n) is 8.33. The zero-order valence-corrected chi connectivity index (χ0v) is 19.6. The highest BCUT2D eigenvalue weighted by atomic mass is 32.1. The van der Waals surface area contributed by atoms with Gasteiger partial charge in [-0.25, -0.2) is 9.49 Å². The molecule has 1 aliphatic carbocycles. The zero-order chi connectivity index (χ0) is 23.8. The molecule has 4 aromatic rings. The van der Waals surface area contributed by atoms with Crippen LogP contribution in [0.4, 0.5) is 21.6 Å². The van der Waals surface area contributed by atoms with Gasteiger partial charge in [0.05, 0.1) is 16.3 Å². The Kier molecular flexibility index (Phi) is 5.74. The molecular formula is C24H23FN6O2S. The first kappa shape index (κ1) is 22.0. The maximum atomic E-state index is 14.5. The molecule has 5 rings (SSSR count). The van der Waals surface area contributed by atoms with Gasteiger partial charge in [0.1, 0.15) is 11.5 Å². The van der Waals surface area contributed by atoms with E-state index in [1.54, 1.807) is 16.8 Å². The highest BCUT2D eigenvalue weighted by Crippen LogP contribution is 2.31. The number of carbonyl (C=O) groups is 1. The number of carbonyl (C=O) groups excluding carboxylic acids is 1. The van der Waals surface area contributed by atoms with Crippen LogP contribution in [0, 0.1) is 12.7 Å². The Bertz CT molecular complexity index is 1410. The van der Waals surface area contributed by atoms with Gasteiger partial charge < -0.3 is 10.6 Å². The van der Waals surface area contributed by atoms with E-state index in [1.165, 1.54) is 33.9 Å². The molecule has 0 radical (unpaired) electrons. The Hall–Kier alpha value is -3.79. The number of fused-ring (bicyclic) bond motifs is 1. The van der Waals surface area contributed by atoms with Crippen LogP contribution >= 0.6 is 11.3 Å². The zero-order valence-electron chi connectivity index (χ0n) is 18.7. The van der Waals surface area contributed by atoms with Crippen molar-refractivity contribution in [2.75, 3.05) is 10.6 Å². The highest BCUT2D eigenvalue weighted by molar-refractivity contribution is 7.14. The van der Waals surface area contributed by atoms with Crippen LogP contribution < -0.4 is 16.2 Å². The third-order valence-electron chi connectivity index (χ3n) is 5.91. The van der Waals surface area contributed by atoms with Crippen molar-refractivity contribution in [2.45, 2.75) is 32.6 Å². The summed E-state index contributed by atoms with van der Waals surface area (Å²) in [6.07, 6.45) is 4.23. The van der Waals surface area contributed by atoms with E-state index in [4.69, 9.17) is 0 Å². The lowest BCUT2D eigenvalue weighted by atomic mass is 9.99. The maximum Gasteiger partial charge on any atom is 0.287 e. The number of hydrogen-bond donors (Lipinski definition) is 3. The number of amides is 1. The number of aryl methyl sites for hydroxylation is 4. The predicted octanol–water partition coefficient (Wildman–Crippen LogP) is 4.55. The van der Waals surface area contributed by atoms with Crippen LogP contribution in [0.15, 0.2) is 41.2 Å². The number of thiophene rings is 1. The lowest BCUT2D eigenvalue weighted by molar-refractivity contribution is 0.103. The third kappa shape index (κ3) is 4.36. The minimum Gasteiger partial charge on any atom is -0.334 e. The molecule has 3 aromatic heterocycles. The van der Waals surface area contributed by atoms with Gasteiger partial charge in [-0.3, -0.25) is 14.3 Å². The molecule has 0 aliphatic heterocycles. The van der Waals surface area contributed by atoms with E-state index in [0.717, 1.165) is 31.4 Å². The molecule has 1 aromatic carbocycles. The number of halogens is 1. The number of anilines is 3. The average Bonchev–Trinajstić information content (AvgIpc) is 3.39. The van der Waals surface area contributed by atoms with Gasteiger partial charge >= 0.3 is 0 Å². The topological polar surface area (TPSA) is 105 Å². The number of H-pyrrole nitrogens is 1. The van der Waals surface area contributed by atoms with Crippen LogP contribution in [0.2, 0.25) is 0 Å². The molecule has 174 valence electrons. The summed E-state index contributed by atoms with van der Waals surface area (Å²) in [5, 5.41) is 16.5. The SMILES string of the molecule is Cc1cc(Nc2cc(-c3ccc(F)c(NC(=O)c4cc5c(s4)CCCC5)c3)n[nH]c2=O)nn1C. The molecule has 0 saturated heterocycles. The predicted molar refractivity (Wildman–Crippen MR) is 130 cm³/mol. The molecule has 10 heteroatoms. The van der Waals surface area contributed by atoms with Gasteiger partial charge in [-0.2, -0.15) is 10.2 Å². The van der Waals surface area contributed by atoms with Crippen molar-refractivity contribution >= 4 is 34.4 Å². The molecule has 8 nitrogen and oxygen atoms in total. The summed E-state index contributed by atoms with van der Waals surface area (Å²) in [5.41, 5.74) is 2.99. The van der Waals surface area contributed by atoms with E-state index in [9.17, 15) is 14.0 Å². The van der Waals surface area contributed by atoms with Crippen molar-refractivity contribution < 1.29 is 9.18 Å². The molecule has 3 N–H and O–H groups in total. The number of rotatable bonds is 5. The van der Waals surface area contributed by atoms with Gasteiger partial charge in [0, 0.05) is 29.2 Å². The van der Waals surface area contributed by atoms with Crippen molar-refractivity contribution in [3.05, 3.63) is 73.6 Å².